The lowest BCUT2D eigenvalue weighted by atomic mass is 10.1. The van der Waals surface area contributed by atoms with Crippen molar-refractivity contribution in [2.45, 2.75) is 12.5 Å². The van der Waals surface area contributed by atoms with E-state index >= 15 is 0 Å². The van der Waals surface area contributed by atoms with Gasteiger partial charge in [0.05, 0.1) is 11.4 Å². The van der Waals surface area contributed by atoms with Gasteiger partial charge >= 0.3 is 6.11 Å². The van der Waals surface area contributed by atoms with E-state index in [0.717, 1.165) is 0 Å². The van der Waals surface area contributed by atoms with Gasteiger partial charge in [-0.15, -0.1) is 0 Å². The molecule has 0 amide bonds. The van der Waals surface area contributed by atoms with Crippen LogP contribution in [0, 0.1) is 0 Å². The average molecular weight is 350 g/mol. The molecule has 0 fully saturated rings. The highest BCUT2D eigenvalue weighted by molar-refractivity contribution is 6.33. The highest BCUT2D eigenvalue weighted by Gasteiger charge is 2.39. The van der Waals surface area contributed by atoms with Gasteiger partial charge in [0.2, 0.25) is 0 Å². The third-order valence-electron chi connectivity index (χ3n) is 3.63. The molecule has 3 heterocycles. The smallest absolute Gasteiger partial charge is 0.402 e. The first-order valence-corrected chi connectivity index (χ1v) is 7.44. The Morgan fingerprint density at radius 1 is 1.29 bits per heavy atom. The lowest BCUT2D eigenvalue weighted by Crippen LogP contribution is -2.20. The molecule has 1 aliphatic rings. The van der Waals surface area contributed by atoms with Crippen LogP contribution in [0.1, 0.15) is 5.56 Å². The number of aromatic nitrogens is 2. The standard InChI is InChI=1S/C16H10ClF2N3O2/c17-11-2-1-5-22-14(23)7-13(21-15(11)22)20-10-3-4-12-9(6-10)8-16(18,19)24-12/h1-7,20H,8H2. The molecule has 1 aliphatic heterocycles. The summed E-state index contributed by atoms with van der Waals surface area (Å²) in [6, 6.07) is 9.16. The molecule has 1 aromatic carbocycles. The van der Waals surface area contributed by atoms with E-state index in [9.17, 15) is 13.6 Å². The summed E-state index contributed by atoms with van der Waals surface area (Å²) < 4.78 is 32.4. The highest BCUT2D eigenvalue weighted by atomic mass is 35.5. The number of pyridine rings is 1. The Kier molecular flexibility index (Phi) is 3.21. The molecule has 122 valence electrons. The number of nitrogens with zero attached hydrogens (tertiary/aromatic N) is 2. The van der Waals surface area contributed by atoms with Gasteiger partial charge in [0.1, 0.15) is 11.6 Å². The van der Waals surface area contributed by atoms with Gasteiger partial charge in [-0.25, -0.2) is 4.98 Å². The number of ether oxygens (including phenoxy) is 1. The molecule has 4 rings (SSSR count). The number of hydrogen-bond donors (Lipinski definition) is 1. The van der Waals surface area contributed by atoms with Crippen LogP contribution in [-0.2, 0) is 6.42 Å². The molecule has 0 aliphatic carbocycles. The van der Waals surface area contributed by atoms with E-state index in [-0.39, 0.29) is 17.1 Å². The fourth-order valence-corrected chi connectivity index (χ4v) is 2.82. The Hall–Kier alpha value is -2.67. The Balaban J connectivity index is 1.71. The second-order valence-corrected chi connectivity index (χ2v) is 5.80. The van der Waals surface area contributed by atoms with Crippen LogP contribution in [-0.4, -0.2) is 15.5 Å². The molecule has 0 saturated carbocycles. The van der Waals surface area contributed by atoms with Crippen LogP contribution in [0.15, 0.2) is 47.4 Å². The SMILES string of the molecule is O=c1cc(Nc2ccc3c(c2)CC(F)(F)O3)nc2c(Cl)cccn12. The second kappa shape index (κ2) is 5.17. The molecule has 0 saturated heterocycles. The number of fused-ring (bicyclic) bond motifs is 2. The van der Waals surface area contributed by atoms with E-state index in [1.165, 1.54) is 16.5 Å². The van der Waals surface area contributed by atoms with Crippen molar-refractivity contribution in [1.29, 1.82) is 0 Å². The first-order chi connectivity index (χ1) is 11.4. The molecule has 3 aromatic rings. The van der Waals surface area contributed by atoms with Crippen molar-refractivity contribution in [3.63, 3.8) is 0 Å². The molecule has 2 aromatic heterocycles. The molecule has 0 atom stereocenters. The quantitative estimate of drug-likeness (QED) is 0.767. The van der Waals surface area contributed by atoms with Crippen molar-refractivity contribution in [2.24, 2.45) is 0 Å². The lowest BCUT2D eigenvalue weighted by Gasteiger charge is -2.09. The van der Waals surface area contributed by atoms with Crippen LogP contribution in [0.4, 0.5) is 20.3 Å². The van der Waals surface area contributed by atoms with Crippen LogP contribution in [0.3, 0.4) is 0 Å². The summed E-state index contributed by atoms with van der Waals surface area (Å²) in [7, 11) is 0. The molecule has 0 bridgehead atoms. The number of benzene rings is 1. The van der Waals surface area contributed by atoms with Gasteiger partial charge in [-0.2, -0.15) is 8.78 Å². The molecular weight excluding hydrogens is 340 g/mol. The zero-order valence-electron chi connectivity index (χ0n) is 12.1. The summed E-state index contributed by atoms with van der Waals surface area (Å²) in [6.45, 7) is 0. The Morgan fingerprint density at radius 2 is 2.12 bits per heavy atom. The summed E-state index contributed by atoms with van der Waals surface area (Å²) in [5.74, 6) is 0.430. The maximum absolute atomic E-state index is 13.3. The minimum atomic E-state index is -3.19. The predicted molar refractivity (Wildman–Crippen MR) is 85.5 cm³/mol. The van der Waals surface area contributed by atoms with E-state index in [1.54, 1.807) is 30.5 Å². The van der Waals surface area contributed by atoms with Crippen LogP contribution in [0.5, 0.6) is 5.75 Å². The Labute approximate surface area is 139 Å². The Morgan fingerprint density at radius 3 is 2.96 bits per heavy atom. The molecule has 0 spiro atoms. The zero-order valence-corrected chi connectivity index (χ0v) is 12.8. The molecule has 0 unspecified atom stereocenters. The van der Waals surface area contributed by atoms with Gasteiger partial charge in [-0.1, -0.05) is 11.6 Å². The fourth-order valence-electron chi connectivity index (χ4n) is 2.62. The largest absolute Gasteiger partial charge is 0.432 e. The Bertz CT molecular complexity index is 1020. The number of alkyl halides is 2. The summed E-state index contributed by atoms with van der Waals surface area (Å²) >= 11 is 6.06. The molecule has 1 N–H and O–H groups in total. The highest BCUT2D eigenvalue weighted by Crippen LogP contribution is 2.38. The van der Waals surface area contributed by atoms with Crippen LogP contribution in [0.25, 0.3) is 5.65 Å². The monoisotopic (exact) mass is 349 g/mol. The third kappa shape index (κ3) is 2.56. The van der Waals surface area contributed by atoms with Gasteiger partial charge in [-0.05, 0) is 30.3 Å². The van der Waals surface area contributed by atoms with Gasteiger partial charge in [0, 0.05) is 23.5 Å². The summed E-state index contributed by atoms with van der Waals surface area (Å²) in [5, 5.41) is 3.27. The number of hydrogen-bond acceptors (Lipinski definition) is 4. The number of nitrogens with one attached hydrogen (secondary N) is 1. The average Bonchev–Trinajstić information content (AvgIpc) is 2.81. The number of anilines is 2. The summed E-state index contributed by atoms with van der Waals surface area (Å²) in [6.07, 6.45) is -2.11. The van der Waals surface area contributed by atoms with Crippen LogP contribution in [0.2, 0.25) is 5.02 Å². The van der Waals surface area contributed by atoms with Gasteiger partial charge in [0.25, 0.3) is 5.56 Å². The lowest BCUT2D eigenvalue weighted by molar-refractivity contribution is -0.159. The van der Waals surface area contributed by atoms with E-state index in [0.29, 0.717) is 21.9 Å². The van der Waals surface area contributed by atoms with E-state index in [1.807, 2.05) is 0 Å². The predicted octanol–water partition coefficient (Wildman–Crippen LogP) is 3.62. The zero-order chi connectivity index (χ0) is 16.9. The molecular formula is C16H10ClF2N3O2. The molecule has 0 radical (unpaired) electrons. The van der Waals surface area contributed by atoms with Crippen molar-refractivity contribution in [2.75, 3.05) is 5.32 Å². The molecule has 24 heavy (non-hydrogen) atoms. The summed E-state index contributed by atoms with van der Waals surface area (Å²) in [5.41, 5.74) is 0.921. The molecule has 8 heteroatoms. The molecule has 5 nitrogen and oxygen atoms in total. The first kappa shape index (κ1) is 14.9. The van der Waals surface area contributed by atoms with Crippen molar-refractivity contribution in [1.82, 2.24) is 9.38 Å². The van der Waals surface area contributed by atoms with Crippen molar-refractivity contribution >= 4 is 28.8 Å². The summed E-state index contributed by atoms with van der Waals surface area (Å²) in [4.78, 5) is 16.4. The second-order valence-electron chi connectivity index (χ2n) is 5.39. The van der Waals surface area contributed by atoms with E-state index in [2.05, 4.69) is 15.0 Å². The maximum Gasteiger partial charge on any atom is 0.402 e. The number of halogens is 3. The first-order valence-electron chi connectivity index (χ1n) is 7.06. The van der Waals surface area contributed by atoms with Crippen molar-refractivity contribution < 1.29 is 13.5 Å². The normalized spacial score (nSPS) is 15.1. The van der Waals surface area contributed by atoms with Crippen molar-refractivity contribution in [3.8, 4) is 5.75 Å². The number of rotatable bonds is 2. The fraction of sp³-hybridized carbons (Fsp3) is 0.125. The van der Waals surface area contributed by atoms with Gasteiger partial charge in [-0.3, -0.25) is 9.20 Å². The maximum atomic E-state index is 13.3. The topological polar surface area (TPSA) is 55.6 Å². The van der Waals surface area contributed by atoms with E-state index < -0.39 is 12.5 Å². The van der Waals surface area contributed by atoms with Crippen molar-refractivity contribution in [3.05, 3.63) is 63.5 Å². The minimum absolute atomic E-state index is 0.153. The van der Waals surface area contributed by atoms with Crippen LogP contribution >= 0.6 is 11.6 Å². The van der Waals surface area contributed by atoms with Gasteiger partial charge < -0.3 is 10.1 Å². The van der Waals surface area contributed by atoms with Crippen LogP contribution < -0.4 is 15.6 Å². The third-order valence-corrected chi connectivity index (χ3v) is 3.93. The minimum Gasteiger partial charge on any atom is -0.432 e. The van der Waals surface area contributed by atoms with E-state index in [4.69, 9.17) is 11.6 Å². The van der Waals surface area contributed by atoms with Gasteiger partial charge in [0.15, 0.2) is 5.65 Å².